The van der Waals surface area contributed by atoms with Crippen LogP contribution in [0, 0.1) is 0 Å². The van der Waals surface area contributed by atoms with Gasteiger partial charge in [0, 0.05) is 6.07 Å². The van der Waals surface area contributed by atoms with Gasteiger partial charge in [-0.1, -0.05) is 0 Å². The van der Waals surface area contributed by atoms with Gasteiger partial charge in [0.15, 0.2) is 12.4 Å². The number of hydrogen-bond acceptors (Lipinski definition) is 2. The quantitative estimate of drug-likeness (QED) is 0.656. The third-order valence-electron chi connectivity index (χ3n) is 1.24. The van der Waals surface area contributed by atoms with Gasteiger partial charge < -0.3 is 0 Å². The molecule has 0 aromatic carbocycles. The minimum absolute atomic E-state index is 0.572. The smallest absolute Gasteiger partial charge is 0.230 e. The summed E-state index contributed by atoms with van der Waals surface area (Å²) in [6.07, 6.45) is 4.65. The molecule has 1 aromatic heterocycles. The van der Waals surface area contributed by atoms with E-state index in [2.05, 4.69) is 4.72 Å². The van der Waals surface area contributed by atoms with Crippen molar-refractivity contribution in [2.45, 2.75) is 0 Å². The predicted octanol–water partition coefficient (Wildman–Crippen LogP) is -0.117. The number of anilines is 1. The Balaban J connectivity index is 2.91. The second kappa shape index (κ2) is 3.10. The topological polar surface area (TPSA) is 50.1 Å². The molecule has 0 atom stereocenters. The maximum Gasteiger partial charge on any atom is 0.230 e. The van der Waals surface area contributed by atoms with E-state index in [1.807, 2.05) is 13.2 Å². The van der Waals surface area contributed by atoms with E-state index in [-0.39, 0.29) is 0 Å². The van der Waals surface area contributed by atoms with Gasteiger partial charge in [-0.2, -0.15) is 0 Å². The van der Waals surface area contributed by atoms with Crippen molar-refractivity contribution < 1.29 is 13.0 Å². The molecule has 0 saturated heterocycles. The molecule has 0 aliphatic heterocycles. The molecule has 66 valence electrons. The summed E-state index contributed by atoms with van der Waals surface area (Å²) in [6.45, 7) is 0. The fourth-order valence-electron chi connectivity index (χ4n) is 0.862. The molecule has 0 spiro atoms. The molecule has 0 radical (unpaired) electrons. The van der Waals surface area contributed by atoms with E-state index < -0.39 is 10.0 Å². The molecule has 12 heavy (non-hydrogen) atoms. The normalized spacial score (nSPS) is 11.2. The zero-order chi connectivity index (χ0) is 9.19. The van der Waals surface area contributed by atoms with Crippen molar-refractivity contribution in [1.29, 1.82) is 0 Å². The van der Waals surface area contributed by atoms with E-state index >= 15 is 0 Å². The number of aromatic nitrogens is 1. The zero-order valence-electron chi connectivity index (χ0n) is 6.98. The number of sulfonamides is 1. The van der Waals surface area contributed by atoms with Crippen molar-refractivity contribution in [3.8, 4) is 0 Å². The molecule has 0 bridgehead atoms. The zero-order valence-corrected chi connectivity index (χ0v) is 7.80. The van der Waals surface area contributed by atoms with Crippen LogP contribution >= 0.6 is 0 Å². The molecule has 0 saturated carbocycles. The number of nitrogens with one attached hydrogen (secondary N) is 1. The maximum atomic E-state index is 10.8. The first-order valence-corrected chi connectivity index (χ1v) is 5.29. The van der Waals surface area contributed by atoms with Crippen LogP contribution in [-0.4, -0.2) is 14.7 Å². The number of rotatable bonds is 2. The molecule has 1 N–H and O–H groups in total. The predicted molar refractivity (Wildman–Crippen MR) is 46.1 cm³/mol. The average molecular weight is 187 g/mol. The second-order valence-electron chi connectivity index (χ2n) is 2.63. The van der Waals surface area contributed by atoms with Crippen LogP contribution in [0.25, 0.3) is 0 Å². The molecule has 0 unspecified atom stereocenters. The average Bonchev–Trinajstić information content (AvgIpc) is 1.82. The summed E-state index contributed by atoms with van der Waals surface area (Å²) < 4.78 is 25.7. The van der Waals surface area contributed by atoms with Crippen LogP contribution in [0.2, 0.25) is 0 Å². The molecular formula is C7H11N2O2S+. The molecule has 0 aliphatic rings. The summed E-state index contributed by atoms with van der Waals surface area (Å²) in [5, 5.41) is 0. The molecular weight excluding hydrogens is 176 g/mol. The van der Waals surface area contributed by atoms with E-state index in [4.69, 9.17) is 0 Å². The second-order valence-corrected chi connectivity index (χ2v) is 4.38. The summed E-state index contributed by atoms with van der Waals surface area (Å²) >= 11 is 0. The van der Waals surface area contributed by atoms with Gasteiger partial charge in [-0.3, -0.25) is 4.72 Å². The fourth-order valence-corrected chi connectivity index (χ4v) is 1.41. The first kappa shape index (κ1) is 8.99. The van der Waals surface area contributed by atoms with Crippen molar-refractivity contribution in [3.05, 3.63) is 24.5 Å². The van der Waals surface area contributed by atoms with E-state index in [0.717, 1.165) is 6.26 Å². The van der Waals surface area contributed by atoms with Gasteiger partial charge >= 0.3 is 0 Å². The Morgan fingerprint density at radius 1 is 1.50 bits per heavy atom. The highest BCUT2D eigenvalue weighted by Gasteiger charge is 2.03. The highest BCUT2D eigenvalue weighted by atomic mass is 32.2. The Labute approximate surface area is 71.9 Å². The lowest BCUT2D eigenvalue weighted by molar-refractivity contribution is -0.670. The van der Waals surface area contributed by atoms with Crippen LogP contribution in [0.4, 0.5) is 5.69 Å². The van der Waals surface area contributed by atoms with Crippen LogP contribution in [0.15, 0.2) is 24.5 Å². The molecule has 5 heteroatoms. The maximum absolute atomic E-state index is 10.8. The highest BCUT2D eigenvalue weighted by molar-refractivity contribution is 7.92. The van der Waals surface area contributed by atoms with Crippen molar-refractivity contribution in [1.82, 2.24) is 0 Å². The van der Waals surface area contributed by atoms with Crippen LogP contribution in [-0.2, 0) is 17.1 Å². The minimum Gasteiger partial charge on any atom is -0.278 e. The van der Waals surface area contributed by atoms with Crippen LogP contribution in [0.3, 0.4) is 0 Å². The van der Waals surface area contributed by atoms with Gasteiger partial charge in [-0.25, -0.2) is 13.0 Å². The number of pyridine rings is 1. The third kappa shape index (κ3) is 2.87. The molecule has 0 fully saturated rings. The molecule has 1 heterocycles. The first-order chi connectivity index (χ1) is 5.47. The number of aryl methyl sites for hydroxylation is 1. The SMILES string of the molecule is C[n+]1cccc(NS(C)(=O)=O)c1. The standard InChI is InChI=1S/C7H11N2O2S/c1-9-5-3-4-7(6-9)8-12(2,10)11/h3-6,8H,1-2H3/q+1. The Hall–Kier alpha value is -1.10. The van der Waals surface area contributed by atoms with Gasteiger partial charge in [0.25, 0.3) is 0 Å². The Morgan fingerprint density at radius 3 is 2.67 bits per heavy atom. The van der Waals surface area contributed by atoms with Gasteiger partial charge in [-0.05, 0) is 6.07 Å². The molecule has 0 aliphatic carbocycles. The fraction of sp³-hybridized carbons (Fsp3) is 0.286. The first-order valence-electron chi connectivity index (χ1n) is 3.40. The summed E-state index contributed by atoms with van der Waals surface area (Å²) in [6, 6.07) is 3.47. The third-order valence-corrected chi connectivity index (χ3v) is 1.85. The number of nitrogens with zero attached hydrogens (tertiary/aromatic N) is 1. The van der Waals surface area contributed by atoms with Gasteiger partial charge in [-0.15, -0.1) is 0 Å². The van der Waals surface area contributed by atoms with Crippen molar-refractivity contribution in [2.75, 3.05) is 11.0 Å². The lowest BCUT2D eigenvalue weighted by Crippen LogP contribution is -2.27. The Bertz CT molecular complexity index is 373. The minimum atomic E-state index is -3.16. The van der Waals surface area contributed by atoms with E-state index in [1.165, 1.54) is 0 Å². The highest BCUT2D eigenvalue weighted by Crippen LogP contribution is 2.02. The van der Waals surface area contributed by atoms with Crippen LogP contribution in [0.5, 0.6) is 0 Å². The van der Waals surface area contributed by atoms with E-state index in [0.29, 0.717) is 5.69 Å². The van der Waals surface area contributed by atoms with Crippen LogP contribution in [0.1, 0.15) is 0 Å². The monoisotopic (exact) mass is 187 g/mol. The molecule has 0 amide bonds. The largest absolute Gasteiger partial charge is 0.278 e. The Kier molecular flexibility index (Phi) is 2.32. The lowest BCUT2D eigenvalue weighted by Gasteiger charge is -1.99. The van der Waals surface area contributed by atoms with Gasteiger partial charge in [0.05, 0.1) is 6.26 Å². The summed E-state index contributed by atoms with van der Waals surface area (Å²) in [5.41, 5.74) is 0.572. The van der Waals surface area contributed by atoms with E-state index in [9.17, 15) is 8.42 Å². The summed E-state index contributed by atoms with van der Waals surface area (Å²) in [7, 11) is -1.33. The summed E-state index contributed by atoms with van der Waals surface area (Å²) in [4.78, 5) is 0. The van der Waals surface area contributed by atoms with Crippen LogP contribution < -0.4 is 9.29 Å². The van der Waals surface area contributed by atoms with Crippen molar-refractivity contribution in [2.24, 2.45) is 7.05 Å². The van der Waals surface area contributed by atoms with Crippen molar-refractivity contribution in [3.63, 3.8) is 0 Å². The lowest BCUT2D eigenvalue weighted by atomic mass is 10.4. The van der Waals surface area contributed by atoms with Gasteiger partial charge in [0.2, 0.25) is 10.0 Å². The molecule has 1 rings (SSSR count). The molecule has 4 nitrogen and oxygen atoms in total. The number of hydrogen-bond donors (Lipinski definition) is 1. The van der Waals surface area contributed by atoms with Crippen molar-refractivity contribution >= 4 is 15.7 Å². The Morgan fingerprint density at radius 2 is 2.17 bits per heavy atom. The van der Waals surface area contributed by atoms with E-state index in [1.54, 1.807) is 22.9 Å². The van der Waals surface area contributed by atoms with Gasteiger partial charge in [0.1, 0.15) is 12.7 Å². The molecule has 1 aromatic rings. The summed E-state index contributed by atoms with van der Waals surface area (Å²) in [5.74, 6) is 0.